The summed E-state index contributed by atoms with van der Waals surface area (Å²) in [7, 11) is 0. The maximum atomic E-state index is 12.1. The Balaban J connectivity index is 1.59. The molecule has 1 aromatic rings. The molecule has 1 N–H and O–H groups in total. The van der Waals surface area contributed by atoms with Crippen molar-refractivity contribution in [2.45, 2.75) is 31.4 Å². The van der Waals surface area contributed by atoms with Crippen LogP contribution in [0.1, 0.15) is 19.3 Å². The lowest BCUT2D eigenvalue weighted by atomic mass is 9.93. The van der Waals surface area contributed by atoms with Crippen molar-refractivity contribution in [3.63, 3.8) is 0 Å². The predicted octanol–water partition coefficient (Wildman–Crippen LogP) is 0.350. The van der Waals surface area contributed by atoms with E-state index >= 15 is 0 Å². The Kier molecular flexibility index (Phi) is 3.59. The molecule has 2 fully saturated rings. The van der Waals surface area contributed by atoms with Crippen LogP contribution in [0.2, 0.25) is 0 Å². The van der Waals surface area contributed by atoms with E-state index in [1.807, 2.05) is 4.90 Å². The van der Waals surface area contributed by atoms with Gasteiger partial charge in [0.1, 0.15) is 0 Å². The number of aromatic nitrogens is 2. The van der Waals surface area contributed by atoms with Crippen LogP contribution < -0.4 is 10.2 Å². The third-order valence-corrected chi connectivity index (χ3v) is 3.65. The summed E-state index contributed by atoms with van der Waals surface area (Å²) in [4.78, 5) is 22.5. The van der Waals surface area contributed by atoms with E-state index in [0.717, 1.165) is 19.4 Å². The van der Waals surface area contributed by atoms with Gasteiger partial charge in [0, 0.05) is 25.0 Å². The number of anilines is 1. The Morgan fingerprint density at radius 3 is 2.84 bits per heavy atom. The van der Waals surface area contributed by atoms with Crippen molar-refractivity contribution in [3.05, 3.63) is 18.5 Å². The largest absolute Gasteiger partial charge is 0.365 e. The predicted molar refractivity (Wildman–Crippen MR) is 69.8 cm³/mol. The summed E-state index contributed by atoms with van der Waals surface area (Å²) in [5, 5.41) is 3.03. The van der Waals surface area contributed by atoms with E-state index < -0.39 is 6.10 Å². The summed E-state index contributed by atoms with van der Waals surface area (Å²) in [5.74, 6) is 0.651. The molecule has 0 bridgehead atoms. The molecule has 19 heavy (non-hydrogen) atoms. The van der Waals surface area contributed by atoms with E-state index in [9.17, 15) is 4.79 Å². The Bertz CT molecular complexity index is 436. The molecule has 0 unspecified atom stereocenters. The number of hydrogen-bond donors (Lipinski definition) is 1. The smallest absolute Gasteiger partial charge is 0.251 e. The number of nitrogens with one attached hydrogen (secondary N) is 1. The summed E-state index contributed by atoms with van der Waals surface area (Å²) in [5.41, 5.74) is 0. The fourth-order valence-electron chi connectivity index (χ4n) is 2.29. The van der Waals surface area contributed by atoms with Crippen LogP contribution in [0.25, 0.3) is 0 Å². The van der Waals surface area contributed by atoms with Crippen LogP contribution in [0.3, 0.4) is 0 Å². The zero-order valence-corrected chi connectivity index (χ0v) is 10.8. The van der Waals surface area contributed by atoms with Crippen LogP contribution >= 0.6 is 0 Å². The lowest BCUT2D eigenvalue weighted by Gasteiger charge is -2.34. The van der Waals surface area contributed by atoms with Crippen LogP contribution in [-0.2, 0) is 9.53 Å². The number of morpholine rings is 1. The van der Waals surface area contributed by atoms with E-state index in [2.05, 4.69) is 15.3 Å². The third kappa shape index (κ3) is 2.84. The molecular weight excluding hydrogens is 244 g/mol. The first-order valence-electron chi connectivity index (χ1n) is 6.77. The fourth-order valence-corrected chi connectivity index (χ4v) is 2.29. The molecule has 2 heterocycles. The van der Waals surface area contributed by atoms with Gasteiger partial charge in [0.2, 0.25) is 5.95 Å². The van der Waals surface area contributed by atoms with Gasteiger partial charge in [-0.15, -0.1) is 0 Å². The summed E-state index contributed by atoms with van der Waals surface area (Å²) < 4.78 is 5.55. The summed E-state index contributed by atoms with van der Waals surface area (Å²) in [6.07, 6.45) is 6.38. The summed E-state index contributed by atoms with van der Waals surface area (Å²) in [6.45, 7) is 1.76. The van der Waals surface area contributed by atoms with Gasteiger partial charge < -0.3 is 15.0 Å². The first-order chi connectivity index (χ1) is 9.33. The number of hydrogen-bond acceptors (Lipinski definition) is 5. The van der Waals surface area contributed by atoms with Crippen LogP contribution in [0, 0.1) is 0 Å². The normalized spacial score (nSPS) is 23.8. The van der Waals surface area contributed by atoms with Gasteiger partial charge in [-0.3, -0.25) is 4.79 Å². The standard InChI is InChI=1S/C13H18N4O2/c18-12(16-10-3-1-4-10)11-9-17(7-8-19-11)13-14-5-2-6-15-13/h2,5-6,10-11H,1,3-4,7-9H2,(H,16,18)/t11-/m0/s1. The molecular formula is C13H18N4O2. The van der Waals surface area contributed by atoms with Gasteiger partial charge in [-0.25, -0.2) is 9.97 Å². The van der Waals surface area contributed by atoms with Crippen molar-refractivity contribution in [2.24, 2.45) is 0 Å². The highest BCUT2D eigenvalue weighted by atomic mass is 16.5. The van der Waals surface area contributed by atoms with Gasteiger partial charge in [0.05, 0.1) is 13.2 Å². The lowest BCUT2D eigenvalue weighted by Crippen LogP contribution is -2.53. The molecule has 1 amide bonds. The molecule has 102 valence electrons. The zero-order chi connectivity index (χ0) is 13.1. The van der Waals surface area contributed by atoms with E-state index in [4.69, 9.17) is 4.74 Å². The Hall–Kier alpha value is -1.69. The van der Waals surface area contributed by atoms with Gasteiger partial charge in [-0.05, 0) is 25.3 Å². The number of nitrogens with zero attached hydrogens (tertiary/aromatic N) is 3. The van der Waals surface area contributed by atoms with Crippen molar-refractivity contribution in [1.82, 2.24) is 15.3 Å². The van der Waals surface area contributed by atoms with E-state index in [1.54, 1.807) is 18.5 Å². The number of rotatable bonds is 3. The highest BCUT2D eigenvalue weighted by Gasteiger charge is 2.30. The van der Waals surface area contributed by atoms with Crippen molar-refractivity contribution in [2.75, 3.05) is 24.6 Å². The number of ether oxygens (including phenoxy) is 1. The molecule has 1 saturated carbocycles. The molecule has 6 nitrogen and oxygen atoms in total. The molecule has 0 spiro atoms. The topological polar surface area (TPSA) is 67.4 Å². The average molecular weight is 262 g/mol. The quantitative estimate of drug-likeness (QED) is 0.851. The molecule has 1 aromatic heterocycles. The molecule has 1 aliphatic heterocycles. The lowest BCUT2D eigenvalue weighted by molar-refractivity contribution is -0.134. The first kappa shape index (κ1) is 12.3. The SMILES string of the molecule is O=C(NC1CCC1)[C@@H]1CN(c2ncccn2)CCO1. The van der Waals surface area contributed by atoms with E-state index in [1.165, 1.54) is 6.42 Å². The van der Waals surface area contributed by atoms with Gasteiger partial charge >= 0.3 is 0 Å². The van der Waals surface area contributed by atoms with Crippen LogP contribution in [0.4, 0.5) is 5.95 Å². The minimum absolute atomic E-state index is 0.00895. The Labute approximate surface area is 112 Å². The third-order valence-electron chi connectivity index (χ3n) is 3.65. The maximum absolute atomic E-state index is 12.1. The fraction of sp³-hybridized carbons (Fsp3) is 0.615. The van der Waals surface area contributed by atoms with Crippen molar-refractivity contribution in [1.29, 1.82) is 0 Å². The number of carbonyl (C=O) groups excluding carboxylic acids is 1. The van der Waals surface area contributed by atoms with Crippen molar-refractivity contribution in [3.8, 4) is 0 Å². The van der Waals surface area contributed by atoms with Crippen molar-refractivity contribution < 1.29 is 9.53 Å². The molecule has 0 aromatic carbocycles. The van der Waals surface area contributed by atoms with Gasteiger partial charge in [-0.2, -0.15) is 0 Å². The van der Waals surface area contributed by atoms with E-state index in [0.29, 0.717) is 25.1 Å². The maximum Gasteiger partial charge on any atom is 0.251 e. The second-order valence-corrected chi connectivity index (χ2v) is 4.99. The highest BCUT2D eigenvalue weighted by Crippen LogP contribution is 2.19. The number of carbonyl (C=O) groups is 1. The first-order valence-corrected chi connectivity index (χ1v) is 6.77. The highest BCUT2D eigenvalue weighted by molar-refractivity contribution is 5.82. The second kappa shape index (κ2) is 5.52. The van der Waals surface area contributed by atoms with Crippen LogP contribution in [-0.4, -0.2) is 47.7 Å². The Morgan fingerprint density at radius 2 is 2.16 bits per heavy atom. The van der Waals surface area contributed by atoms with Gasteiger partial charge in [0.15, 0.2) is 6.10 Å². The molecule has 6 heteroatoms. The summed E-state index contributed by atoms with van der Waals surface area (Å²) >= 11 is 0. The minimum Gasteiger partial charge on any atom is -0.365 e. The molecule has 3 rings (SSSR count). The molecule has 0 radical (unpaired) electrons. The van der Waals surface area contributed by atoms with Gasteiger partial charge in [0.25, 0.3) is 5.91 Å². The van der Waals surface area contributed by atoms with Crippen LogP contribution in [0.15, 0.2) is 18.5 Å². The number of amides is 1. The zero-order valence-electron chi connectivity index (χ0n) is 10.8. The minimum atomic E-state index is -0.418. The van der Waals surface area contributed by atoms with Gasteiger partial charge in [-0.1, -0.05) is 0 Å². The molecule has 1 atom stereocenters. The van der Waals surface area contributed by atoms with Crippen molar-refractivity contribution >= 4 is 11.9 Å². The molecule has 1 saturated heterocycles. The molecule has 2 aliphatic rings. The summed E-state index contributed by atoms with van der Waals surface area (Å²) in [6, 6.07) is 2.13. The van der Waals surface area contributed by atoms with Crippen LogP contribution in [0.5, 0.6) is 0 Å². The average Bonchev–Trinajstić information content (AvgIpc) is 2.44. The monoisotopic (exact) mass is 262 g/mol. The van der Waals surface area contributed by atoms with E-state index in [-0.39, 0.29) is 5.91 Å². The Morgan fingerprint density at radius 1 is 1.37 bits per heavy atom. The second-order valence-electron chi connectivity index (χ2n) is 4.99. The molecule has 1 aliphatic carbocycles.